The summed E-state index contributed by atoms with van der Waals surface area (Å²) in [6, 6.07) is 0.634. The predicted molar refractivity (Wildman–Crippen MR) is 66.5 cm³/mol. The van der Waals surface area contributed by atoms with Gasteiger partial charge in [-0.05, 0) is 38.6 Å². The lowest BCUT2D eigenvalue weighted by Gasteiger charge is -2.29. The van der Waals surface area contributed by atoms with Gasteiger partial charge in [-0.1, -0.05) is 13.3 Å². The van der Waals surface area contributed by atoms with Crippen LogP contribution in [0.2, 0.25) is 0 Å². The van der Waals surface area contributed by atoms with Crippen LogP contribution in [0.1, 0.15) is 44.0 Å². The molecule has 1 aliphatic rings. The molecule has 0 amide bonds. The summed E-state index contributed by atoms with van der Waals surface area (Å²) < 4.78 is 0. The lowest BCUT2D eigenvalue weighted by molar-refractivity contribution is 0.293. The highest BCUT2D eigenvalue weighted by Gasteiger charge is 2.20. The zero-order valence-electron chi connectivity index (χ0n) is 10.4. The number of hydrogen-bond acceptors (Lipinski definition) is 2. The van der Waals surface area contributed by atoms with Gasteiger partial charge in [-0.15, -0.1) is 0 Å². The van der Waals surface area contributed by atoms with Crippen LogP contribution in [0.4, 0.5) is 0 Å². The second-order valence-electron chi connectivity index (χ2n) is 5.02. The van der Waals surface area contributed by atoms with E-state index in [1.165, 1.54) is 43.6 Å². The van der Waals surface area contributed by atoms with Gasteiger partial charge in [0.25, 0.3) is 0 Å². The van der Waals surface area contributed by atoms with Gasteiger partial charge in [0.05, 0.1) is 12.0 Å². The largest absolute Gasteiger partial charge is 0.348 e. The molecule has 0 spiro atoms. The molecule has 1 aromatic heterocycles. The van der Waals surface area contributed by atoms with Gasteiger partial charge in [0.15, 0.2) is 0 Å². The van der Waals surface area contributed by atoms with E-state index in [9.17, 15) is 0 Å². The lowest BCUT2D eigenvalue weighted by atomic mass is 9.89. The maximum atomic E-state index is 4.37. The second-order valence-corrected chi connectivity index (χ2v) is 5.02. The van der Waals surface area contributed by atoms with Crippen molar-refractivity contribution in [3.8, 4) is 0 Å². The molecule has 0 bridgehead atoms. The van der Waals surface area contributed by atoms with Crippen molar-refractivity contribution < 1.29 is 0 Å². The van der Waals surface area contributed by atoms with Crippen molar-refractivity contribution in [2.45, 2.75) is 52.0 Å². The monoisotopic (exact) mass is 221 g/mol. The molecule has 1 saturated heterocycles. The first-order valence-corrected chi connectivity index (χ1v) is 6.51. The molecule has 2 heterocycles. The van der Waals surface area contributed by atoms with E-state index in [1.807, 2.05) is 0 Å². The summed E-state index contributed by atoms with van der Waals surface area (Å²) in [6.45, 7) is 5.58. The van der Waals surface area contributed by atoms with Crippen LogP contribution in [0.5, 0.6) is 0 Å². The van der Waals surface area contributed by atoms with E-state index in [-0.39, 0.29) is 0 Å². The summed E-state index contributed by atoms with van der Waals surface area (Å²) in [4.78, 5) is 7.52. The number of nitrogens with one attached hydrogen (secondary N) is 2. The number of rotatable bonds is 4. The van der Waals surface area contributed by atoms with E-state index in [4.69, 9.17) is 0 Å². The summed E-state index contributed by atoms with van der Waals surface area (Å²) in [6.07, 6.45) is 8.25. The Morgan fingerprint density at radius 1 is 1.44 bits per heavy atom. The molecule has 16 heavy (non-hydrogen) atoms. The third-order valence-corrected chi connectivity index (χ3v) is 3.69. The molecule has 2 unspecified atom stereocenters. The zero-order valence-corrected chi connectivity index (χ0v) is 10.4. The molecule has 1 aromatic rings. The molecule has 2 N–H and O–H groups in total. The van der Waals surface area contributed by atoms with E-state index in [1.54, 1.807) is 6.33 Å². The van der Waals surface area contributed by atoms with Crippen LogP contribution in [0.15, 0.2) is 6.33 Å². The van der Waals surface area contributed by atoms with Crippen LogP contribution in [0, 0.1) is 12.8 Å². The first-order valence-electron chi connectivity index (χ1n) is 6.51. The zero-order chi connectivity index (χ0) is 11.4. The van der Waals surface area contributed by atoms with Crippen LogP contribution in [-0.4, -0.2) is 22.6 Å². The van der Waals surface area contributed by atoms with Crippen molar-refractivity contribution in [1.82, 2.24) is 15.3 Å². The molecule has 3 nitrogen and oxygen atoms in total. The third kappa shape index (κ3) is 2.85. The fraction of sp³-hybridized carbons (Fsp3) is 0.769. The summed E-state index contributed by atoms with van der Waals surface area (Å²) >= 11 is 0. The molecule has 3 heteroatoms. The Balaban J connectivity index is 1.79. The normalized spacial score (nSPS) is 25.9. The fourth-order valence-corrected chi connectivity index (χ4v) is 2.63. The van der Waals surface area contributed by atoms with Crippen molar-refractivity contribution in [2.75, 3.05) is 6.54 Å². The molecular formula is C13H23N3. The molecule has 0 radical (unpaired) electrons. The molecule has 90 valence electrons. The van der Waals surface area contributed by atoms with Crippen LogP contribution < -0.4 is 5.32 Å². The van der Waals surface area contributed by atoms with Crippen LogP contribution in [0.3, 0.4) is 0 Å². The lowest BCUT2D eigenvalue weighted by Crippen LogP contribution is -2.40. The minimum absolute atomic E-state index is 0.634. The first kappa shape index (κ1) is 11.6. The van der Waals surface area contributed by atoms with Crippen molar-refractivity contribution >= 4 is 0 Å². The van der Waals surface area contributed by atoms with Crippen molar-refractivity contribution in [2.24, 2.45) is 5.92 Å². The van der Waals surface area contributed by atoms with Gasteiger partial charge < -0.3 is 10.3 Å². The third-order valence-electron chi connectivity index (χ3n) is 3.69. The smallest absolute Gasteiger partial charge is 0.0925 e. The summed E-state index contributed by atoms with van der Waals surface area (Å²) in [7, 11) is 0. The topological polar surface area (TPSA) is 40.7 Å². The standard InChI is InChI=1S/C13H23N3/c1-3-4-11-5-6-12(14-8-11)7-13-10(2)15-9-16-13/h9,11-12,14H,3-8H2,1-2H3,(H,15,16). The predicted octanol–water partition coefficient (Wildman–Crippen LogP) is 2.43. The first-order chi connectivity index (χ1) is 7.79. The van der Waals surface area contributed by atoms with E-state index < -0.39 is 0 Å². The average molecular weight is 221 g/mol. The number of aryl methyl sites for hydroxylation is 1. The highest BCUT2D eigenvalue weighted by Crippen LogP contribution is 2.20. The second kappa shape index (κ2) is 5.48. The molecule has 0 saturated carbocycles. The van der Waals surface area contributed by atoms with Gasteiger partial charge in [-0.2, -0.15) is 0 Å². The Morgan fingerprint density at radius 3 is 2.88 bits per heavy atom. The van der Waals surface area contributed by atoms with Crippen molar-refractivity contribution in [1.29, 1.82) is 0 Å². The number of H-pyrrole nitrogens is 1. The van der Waals surface area contributed by atoms with Crippen molar-refractivity contribution in [3.63, 3.8) is 0 Å². The van der Waals surface area contributed by atoms with Gasteiger partial charge in [0.2, 0.25) is 0 Å². The van der Waals surface area contributed by atoms with Gasteiger partial charge >= 0.3 is 0 Å². The number of hydrogen-bond donors (Lipinski definition) is 2. The SMILES string of the molecule is CCCC1CCC(Cc2nc[nH]c2C)NC1. The summed E-state index contributed by atoms with van der Waals surface area (Å²) in [5.74, 6) is 0.904. The molecular weight excluding hydrogens is 198 g/mol. The Kier molecular flexibility index (Phi) is 3.99. The molecule has 0 aliphatic carbocycles. The van der Waals surface area contributed by atoms with Gasteiger partial charge in [-0.25, -0.2) is 4.98 Å². The Labute approximate surface area is 98.1 Å². The maximum Gasteiger partial charge on any atom is 0.0925 e. The Morgan fingerprint density at radius 2 is 2.31 bits per heavy atom. The molecule has 2 rings (SSSR count). The Hall–Kier alpha value is -0.830. The van der Waals surface area contributed by atoms with Gasteiger partial charge in [0, 0.05) is 18.2 Å². The molecule has 1 aliphatic heterocycles. The van der Waals surface area contributed by atoms with Gasteiger partial charge in [0.1, 0.15) is 0 Å². The minimum Gasteiger partial charge on any atom is -0.348 e. The number of aromatic nitrogens is 2. The number of nitrogens with zero attached hydrogens (tertiary/aromatic N) is 1. The number of aromatic amines is 1. The number of imidazole rings is 1. The maximum absolute atomic E-state index is 4.37. The highest BCUT2D eigenvalue weighted by atomic mass is 14.9. The average Bonchev–Trinajstić information content (AvgIpc) is 2.68. The molecule has 2 atom stereocenters. The molecule has 1 fully saturated rings. The summed E-state index contributed by atoms with van der Waals surface area (Å²) in [5, 5.41) is 3.67. The van der Waals surface area contributed by atoms with E-state index in [0.29, 0.717) is 6.04 Å². The highest BCUT2D eigenvalue weighted by molar-refractivity contribution is 5.10. The number of piperidine rings is 1. The Bertz CT molecular complexity index is 311. The van der Waals surface area contributed by atoms with Crippen molar-refractivity contribution in [3.05, 3.63) is 17.7 Å². The van der Waals surface area contributed by atoms with E-state index in [2.05, 4.69) is 29.1 Å². The van der Waals surface area contributed by atoms with E-state index in [0.717, 1.165) is 12.3 Å². The van der Waals surface area contributed by atoms with E-state index >= 15 is 0 Å². The molecule has 0 aromatic carbocycles. The quantitative estimate of drug-likeness (QED) is 0.820. The van der Waals surface area contributed by atoms with Crippen LogP contribution >= 0.6 is 0 Å². The van der Waals surface area contributed by atoms with Crippen LogP contribution in [-0.2, 0) is 6.42 Å². The van der Waals surface area contributed by atoms with Crippen LogP contribution in [0.25, 0.3) is 0 Å². The summed E-state index contributed by atoms with van der Waals surface area (Å²) in [5.41, 5.74) is 2.45. The fourth-order valence-electron chi connectivity index (χ4n) is 2.63. The minimum atomic E-state index is 0.634. The van der Waals surface area contributed by atoms with Gasteiger partial charge in [-0.3, -0.25) is 0 Å².